The van der Waals surface area contributed by atoms with Crippen molar-refractivity contribution in [3.8, 4) is 5.75 Å². The van der Waals surface area contributed by atoms with Gasteiger partial charge in [-0.25, -0.2) is 9.78 Å². The van der Waals surface area contributed by atoms with Crippen LogP contribution in [0.15, 0.2) is 67.1 Å². The zero-order chi connectivity index (χ0) is 23.0. The number of halogens is 1. The lowest BCUT2D eigenvalue weighted by Gasteiger charge is -2.34. The summed E-state index contributed by atoms with van der Waals surface area (Å²) < 4.78 is 5.85. The summed E-state index contributed by atoms with van der Waals surface area (Å²) in [5.74, 6) is 0.960. The fourth-order valence-electron chi connectivity index (χ4n) is 3.55. The number of nitrogens with one attached hydrogen (secondary N) is 1. The normalized spacial score (nSPS) is 13.5. The molecule has 0 radical (unpaired) electrons. The maximum absolute atomic E-state index is 13.0. The molecule has 1 fully saturated rings. The van der Waals surface area contributed by atoms with E-state index >= 15 is 0 Å². The van der Waals surface area contributed by atoms with E-state index in [0.717, 1.165) is 12.0 Å². The first-order valence-corrected chi connectivity index (χ1v) is 11.0. The van der Waals surface area contributed by atoms with Gasteiger partial charge in [0.1, 0.15) is 5.75 Å². The highest BCUT2D eigenvalue weighted by Crippen LogP contribution is 2.17. The van der Waals surface area contributed by atoms with Crippen molar-refractivity contribution in [2.24, 2.45) is 0 Å². The van der Waals surface area contributed by atoms with Crippen LogP contribution >= 0.6 is 11.6 Å². The summed E-state index contributed by atoms with van der Waals surface area (Å²) in [6.45, 7) is 2.26. The van der Waals surface area contributed by atoms with E-state index in [1.165, 1.54) is 12.4 Å². The summed E-state index contributed by atoms with van der Waals surface area (Å²) in [5.41, 5.74) is 1.66. The molecule has 0 saturated carbocycles. The van der Waals surface area contributed by atoms with Crippen LogP contribution in [0.5, 0.6) is 5.75 Å². The number of hydrogen-bond donors (Lipinski definition) is 1. The number of piperazine rings is 1. The Labute approximate surface area is 197 Å². The van der Waals surface area contributed by atoms with Gasteiger partial charge in [-0.3, -0.25) is 15.1 Å². The van der Waals surface area contributed by atoms with Gasteiger partial charge < -0.3 is 14.5 Å². The summed E-state index contributed by atoms with van der Waals surface area (Å²) in [5, 5.41) is 3.42. The lowest BCUT2D eigenvalue weighted by molar-refractivity contribution is 0.0671. The average Bonchev–Trinajstić information content (AvgIpc) is 2.84. The Morgan fingerprint density at radius 3 is 2.55 bits per heavy atom. The zero-order valence-electron chi connectivity index (χ0n) is 18.0. The molecule has 0 unspecified atom stereocenters. The Balaban J connectivity index is 1.27. The van der Waals surface area contributed by atoms with Crippen LogP contribution in [0.1, 0.15) is 15.9 Å². The van der Waals surface area contributed by atoms with Crippen LogP contribution in [-0.2, 0) is 6.42 Å². The van der Waals surface area contributed by atoms with Crippen LogP contribution in [0.4, 0.5) is 10.6 Å². The number of ether oxygens (including phenoxy) is 1. The van der Waals surface area contributed by atoms with Crippen molar-refractivity contribution in [1.82, 2.24) is 19.8 Å². The van der Waals surface area contributed by atoms with E-state index in [-0.39, 0.29) is 11.9 Å². The number of aromatic nitrogens is 2. The van der Waals surface area contributed by atoms with Gasteiger partial charge in [-0.15, -0.1) is 0 Å². The van der Waals surface area contributed by atoms with Gasteiger partial charge in [0.2, 0.25) is 0 Å². The summed E-state index contributed by atoms with van der Waals surface area (Å²) in [6, 6.07) is 14.6. The first-order chi connectivity index (χ1) is 16.1. The molecule has 0 atom stereocenters. The van der Waals surface area contributed by atoms with Crippen LogP contribution in [0.25, 0.3) is 0 Å². The molecule has 1 aromatic heterocycles. The Bertz CT molecular complexity index is 1100. The lowest BCUT2D eigenvalue weighted by atomic mass is 10.1. The molecule has 33 heavy (non-hydrogen) atoms. The van der Waals surface area contributed by atoms with Crippen LogP contribution < -0.4 is 10.1 Å². The van der Waals surface area contributed by atoms with E-state index in [9.17, 15) is 9.59 Å². The molecule has 1 aliphatic heterocycles. The van der Waals surface area contributed by atoms with Crippen molar-refractivity contribution in [2.75, 3.05) is 38.1 Å². The minimum atomic E-state index is -0.252. The number of benzene rings is 2. The predicted molar refractivity (Wildman–Crippen MR) is 126 cm³/mol. The Morgan fingerprint density at radius 1 is 1.00 bits per heavy atom. The van der Waals surface area contributed by atoms with E-state index in [0.29, 0.717) is 54.9 Å². The van der Waals surface area contributed by atoms with Gasteiger partial charge in [0.15, 0.2) is 5.82 Å². The van der Waals surface area contributed by atoms with Crippen molar-refractivity contribution in [3.63, 3.8) is 0 Å². The molecule has 0 spiro atoms. The summed E-state index contributed by atoms with van der Waals surface area (Å²) in [4.78, 5) is 36.8. The van der Waals surface area contributed by atoms with Crippen LogP contribution in [-0.4, -0.2) is 64.5 Å². The molecule has 2 aromatic carbocycles. The summed E-state index contributed by atoms with van der Waals surface area (Å²) in [6.07, 6.45) is 5.26. The lowest BCUT2D eigenvalue weighted by Crippen LogP contribution is -2.51. The minimum Gasteiger partial charge on any atom is -0.493 e. The molecule has 1 saturated heterocycles. The van der Waals surface area contributed by atoms with Crippen molar-refractivity contribution >= 4 is 29.4 Å². The van der Waals surface area contributed by atoms with Gasteiger partial charge in [-0.05, 0) is 35.9 Å². The molecular weight excluding hydrogens is 442 g/mol. The largest absolute Gasteiger partial charge is 0.493 e. The molecule has 4 rings (SSSR count). The van der Waals surface area contributed by atoms with Crippen LogP contribution in [0.2, 0.25) is 5.02 Å². The molecule has 2 heterocycles. The van der Waals surface area contributed by atoms with Crippen molar-refractivity contribution in [3.05, 3.63) is 83.3 Å². The number of urea groups is 1. The smallest absolute Gasteiger partial charge is 0.323 e. The van der Waals surface area contributed by atoms with Crippen LogP contribution in [0.3, 0.4) is 0 Å². The molecule has 9 heteroatoms. The Kier molecular flexibility index (Phi) is 7.36. The van der Waals surface area contributed by atoms with Crippen molar-refractivity contribution in [1.29, 1.82) is 0 Å². The number of anilines is 1. The maximum atomic E-state index is 13.0. The third kappa shape index (κ3) is 6.20. The molecule has 1 aliphatic rings. The third-order valence-corrected chi connectivity index (χ3v) is 5.52. The predicted octanol–water partition coefficient (Wildman–Crippen LogP) is 3.74. The molecule has 0 aliphatic carbocycles. The standard InChI is InChI=1S/C24H24ClN5O3/c25-20-5-1-3-18(15-20)7-14-33-21-6-2-4-19(16-21)23(31)29-10-12-30(13-11-29)24(32)28-22-17-26-8-9-27-22/h1-6,8-9,15-17H,7,10-14H2,(H,27,28,32). The van der Waals surface area contributed by atoms with Crippen molar-refractivity contribution in [2.45, 2.75) is 6.42 Å². The maximum Gasteiger partial charge on any atom is 0.323 e. The van der Waals surface area contributed by atoms with E-state index in [4.69, 9.17) is 16.3 Å². The van der Waals surface area contributed by atoms with E-state index in [1.54, 1.807) is 28.1 Å². The highest BCUT2D eigenvalue weighted by molar-refractivity contribution is 6.30. The summed E-state index contributed by atoms with van der Waals surface area (Å²) in [7, 11) is 0. The van der Waals surface area contributed by atoms with Gasteiger partial charge >= 0.3 is 6.03 Å². The second-order valence-electron chi connectivity index (χ2n) is 7.56. The number of carbonyl (C=O) groups is 2. The number of rotatable bonds is 6. The van der Waals surface area contributed by atoms with Crippen molar-refractivity contribution < 1.29 is 14.3 Å². The van der Waals surface area contributed by atoms with Crippen LogP contribution in [0, 0.1) is 0 Å². The first kappa shape index (κ1) is 22.5. The molecule has 8 nitrogen and oxygen atoms in total. The average molecular weight is 466 g/mol. The molecule has 0 bridgehead atoms. The molecular formula is C24H24ClN5O3. The zero-order valence-corrected chi connectivity index (χ0v) is 18.7. The number of hydrogen-bond acceptors (Lipinski definition) is 5. The second kappa shape index (κ2) is 10.8. The van der Waals surface area contributed by atoms with Gasteiger partial charge in [-0.1, -0.05) is 29.8 Å². The number of amides is 3. The highest BCUT2D eigenvalue weighted by Gasteiger charge is 2.25. The monoisotopic (exact) mass is 465 g/mol. The third-order valence-electron chi connectivity index (χ3n) is 5.28. The number of nitrogens with zero attached hydrogens (tertiary/aromatic N) is 4. The fourth-order valence-corrected chi connectivity index (χ4v) is 3.76. The van der Waals surface area contributed by atoms with E-state index in [2.05, 4.69) is 15.3 Å². The highest BCUT2D eigenvalue weighted by atomic mass is 35.5. The molecule has 170 valence electrons. The molecule has 3 amide bonds. The SMILES string of the molecule is O=C(Nc1cnccn1)N1CCN(C(=O)c2cccc(OCCc3cccc(Cl)c3)c2)CC1. The second-order valence-corrected chi connectivity index (χ2v) is 7.99. The molecule has 3 aromatic rings. The van der Waals surface area contributed by atoms with Gasteiger partial charge in [0.05, 0.1) is 12.8 Å². The minimum absolute atomic E-state index is 0.0794. The van der Waals surface area contributed by atoms with E-state index in [1.807, 2.05) is 36.4 Å². The first-order valence-electron chi connectivity index (χ1n) is 10.7. The quantitative estimate of drug-likeness (QED) is 0.599. The molecule has 1 N–H and O–H groups in total. The van der Waals surface area contributed by atoms with Gasteiger partial charge in [0.25, 0.3) is 5.91 Å². The van der Waals surface area contributed by atoms with E-state index < -0.39 is 0 Å². The van der Waals surface area contributed by atoms with Gasteiger partial charge in [0, 0.05) is 55.6 Å². The topological polar surface area (TPSA) is 87.7 Å². The number of carbonyl (C=O) groups excluding carboxylic acids is 2. The van der Waals surface area contributed by atoms with Gasteiger partial charge in [-0.2, -0.15) is 0 Å². The fraction of sp³-hybridized carbons (Fsp3) is 0.250. The Hall–Kier alpha value is -3.65. The summed E-state index contributed by atoms with van der Waals surface area (Å²) >= 11 is 6.02. The Morgan fingerprint density at radius 2 is 1.79 bits per heavy atom.